The summed E-state index contributed by atoms with van der Waals surface area (Å²) in [4.78, 5) is 0. The van der Waals surface area contributed by atoms with Crippen molar-refractivity contribution in [3.63, 3.8) is 0 Å². The van der Waals surface area contributed by atoms with Gasteiger partial charge in [0.25, 0.3) is 5.88 Å². The van der Waals surface area contributed by atoms with Crippen LogP contribution in [-0.4, -0.2) is 28.3 Å². The maximum absolute atomic E-state index is 5.98. The first-order valence-electron chi connectivity index (χ1n) is 4.97. The summed E-state index contributed by atoms with van der Waals surface area (Å²) >= 11 is 7.99. The lowest BCUT2D eigenvalue weighted by atomic mass is 10.1. The lowest BCUT2D eigenvalue weighted by molar-refractivity contribution is 0.391. The van der Waals surface area contributed by atoms with E-state index >= 15 is 0 Å². The fourth-order valence-electron chi connectivity index (χ4n) is 1.67. The van der Waals surface area contributed by atoms with Crippen molar-refractivity contribution in [1.82, 2.24) is 10.2 Å². The van der Waals surface area contributed by atoms with E-state index in [-0.39, 0.29) is 0 Å². The molecule has 1 fully saturated rings. The summed E-state index contributed by atoms with van der Waals surface area (Å²) < 4.78 is 4.96. The highest BCUT2D eigenvalue weighted by Gasteiger charge is 2.17. The Balaban J connectivity index is 2.05. The lowest BCUT2D eigenvalue weighted by Crippen LogP contribution is -2.05. The maximum Gasteiger partial charge on any atom is 0.252 e. The molecule has 0 amide bonds. The molecule has 1 aliphatic heterocycles. The number of thioether (sulfide) groups is 1. The Morgan fingerprint density at radius 3 is 3.07 bits per heavy atom. The Kier molecular flexibility index (Phi) is 3.70. The second-order valence-electron chi connectivity index (χ2n) is 3.53. The average molecular weight is 245 g/mol. The summed E-state index contributed by atoms with van der Waals surface area (Å²) in [5.41, 5.74) is 0.959. The van der Waals surface area contributed by atoms with Crippen molar-refractivity contribution in [1.29, 1.82) is 0 Å². The van der Waals surface area contributed by atoms with Gasteiger partial charge in [-0.3, -0.25) is 0 Å². The van der Waals surface area contributed by atoms with Gasteiger partial charge in [0.2, 0.25) is 0 Å². The van der Waals surface area contributed by atoms with Crippen LogP contribution in [0.15, 0.2) is 6.07 Å². The van der Waals surface area contributed by atoms with Crippen LogP contribution in [-0.2, 0) is 6.42 Å². The first-order valence-corrected chi connectivity index (χ1v) is 6.40. The predicted molar refractivity (Wildman–Crippen MR) is 62.8 cm³/mol. The molecule has 2 rings (SSSR count). The molecule has 5 heteroatoms. The molecule has 0 spiro atoms. The number of ether oxygens (including phenoxy) is 1. The molecule has 1 atom stereocenters. The molecule has 1 unspecified atom stereocenters. The second kappa shape index (κ2) is 5.03. The quantitative estimate of drug-likeness (QED) is 0.819. The summed E-state index contributed by atoms with van der Waals surface area (Å²) in [6.45, 7) is 0. The van der Waals surface area contributed by atoms with Crippen LogP contribution in [0.4, 0.5) is 0 Å². The first kappa shape index (κ1) is 11.0. The minimum Gasteiger partial charge on any atom is -0.479 e. The fourth-order valence-corrected chi connectivity index (χ4v) is 3.20. The minimum absolute atomic E-state index is 0.402. The van der Waals surface area contributed by atoms with Crippen LogP contribution in [0.5, 0.6) is 5.88 Å². The second-order valence-corrected chi connectivity index (χ2v) is 5.35. The van der Waals surface area contributed by atoms with Crippen molar-refractivity contribution >= 4 is 23.4 Å². The van der Waals surface area contributed by atoms with Crippen molar-refractivity contribution in [2.24, 2.45) is 0 Å². The monoisotopic (exact) mass is 244 g/mol. The predicted octanol–water partition coefficient (Wildman–Crippen LogP) is 2.58. The molecule has 2 heterocycles. The van der Waals surface area contributed by atoms with Gasteiger partial charge in [0.15, 0.2) is 0 Å². The topological polar surface area (TPSA) is 35.0 Å². The van der Waals surface area contributed by atoms with E-state index in [1.54, 1.807) is 7.11 Å². The Morgan fingerprint density at radius 2 is 2.47 bits per heavy atom. The van der Waals surface area contributed by atoms with Crippen LogP contribution in [0.25, 0.3) is 0 Å². The Bertz CT molecular complexity index is 342. The van der Waals surface area contributed by atoms with Gasteiger partial charge in [-0.25, -0.2) is 0 Å². The lowest BCUT2D eigenvalue weighted by Gasteiger charge is -2.08. The van der Waals surface area contributed by atoms with Crippen LogP contribution in [0.2, 0.25) is 5.02 Å². The third-order valence-electron chi connectivity index (χ3n) is 2.42. The number of hydrogen-bond donors (Lipinski definition) is 0. The van der Waals surface area contributed by atoms with Crippen molar-refractivity contribution in [3.8, 4) is 5.88 Å². The smallest absolute Gasteiger partial charge is 0.252 e. The highest BCUT2D eigenvalue weighted by Crippen LogP contribution is 2.29. The summed E-state index contributed by atoms with van der Waals surface area (Å²) in [6, 6.07) is 1.85. The van der Waals surface area contributed by atoms with Gasteiger partial charge in [-0.1, -0.05) is 11.6 Å². The molecule has 15 heavy (non-hydrogen) atoms. The third-order valence-corrected chi connectivity index (χ3v) is 4.09. The highest BCUT2D eigenvalue weighted by atomic mass is 35.5. The van der Waals surface area contributed by atoms with Crippen LogP contribution in [0.3, 0.4) is 0 Å². The highest BCUT2D eigenvalue weighted by molar-refractivity contribution is 8.00. The Morgan fingerprint density at radius 1 is 1.60 bits per heavy atom. The van der Waals surface area contributed by atoms with Gasteiger partial charge in [0, 0.05) is 11.7 Å². The van der Waals surface area contributed by atoms with Gasteiger partial charge in [-0.2, -0.15) is 16.9 Å². The summed E-state index contributed by atoms with van der Waals surface area (Å²) in [5, 5.41) is 9.26. The van der Waals surface area contributed by atoms with Crippen molar-refractivity contribution < 1.29 is 4.74 Å². The van der Waals surface area contributed by atoms with E-state index in [2.05, 4.69) is 10.2 Å². The van der Waals surface area contributed by atoms with E-state index in [1.807, 2.05) is 17.8 Å². The van der Waals surface area contributed by atoms with Gasteiger partial charge in [-0.05, 0) is 24.7 Å². The van der Waals surface area contributed by atoms with Gasteiger partial charge >= 0.3 is 0 Å². The summed E-state index contributed by atoms with van der Waals surface area (Å²) in [5.74, 6) is 1.67. The maximum atomic E-state index is 5.98. The van der Waals surface area contributed by atoms with Crippen LogP contribution >= 0.6 is 23.4 Å². The molecule has 0 aromatic carbocycles. The van der Waals surface area contributed by atoms with Gasteiger partial charge in [0.05, 0.1) is 12.8 Å². The van der Waals surface area contributed by atoms with E-state index < -0.39 is 0 Å². The van der Waals surface area contributed by atoms with E-state index in [4.69, 9.17) is 16.3 Å². The molecule has 0 aliphatic carbocycles. The number of rotatable bonds is 3. The molecule has 1 saturated heterocycles. The zero-order chi connectivity index (χ0) is 10.7. The number of methoxy groups -OCH3 is 1. The number of hydrogen-bond acceptors (Lipinski definition) is 4. The zero-order valence-corrected chi connectivity index (χ0v) is 10.1. The van der Waals surface area contributed by atoms with Crippen molar-refractivity contribution in [3.05, 3.63) is 16.8 Å². The molecule has 0 radical (unpaired) electrons. The van der Waals surface area contributed by atoms with Crippen molar-refractivity contribution in [2.75, 3.05) is 12.9 Å². The number of halogens is 1. The van der Waals surface area contributed by atoms with Crippen LogP contribution in [0.1, 0.15) is 18.5 Å². The molecular formula is C10H13ClN2OS. The number of aromatic nitrogens is 2. The third kappa shape index (κ3) is 2.75. The van der Waals surface area contributed by atoms with E-state index in [0.717, 1.165) is 12.1 Å². The standard InChI is InChI=1S/C10H13ClN2OS/c1-14-10-9(11)6-7(12-13-10)5-8-3-2-4-15-8/h6,8H,2-5H2,1H3. The largest absolute Gasteiger partial charge is 0.479 e. The summed E-state index contributed by atoms with van der Waals surface area (Å²) in [6.07, 6.45) is 3.55. The first-order chi connectivity index (χ1) is 7.29. The molecule has 3 nitrogen and oxygen atoms in total. The SMILES string of the molecule is COc1nnc(CC2CCCS2)cc1Cl. The molecular weight excluding hydrogens is 232 g/mol. The van der Waals surface area contributed by atoms with Gasteiger partial charge in [0.1, 0.15) is 5.02 Å². The molecule has 0 saturated carbocycles. The average Bonchev–Trinajstić information content (AvgIpc) is 2.71. The van der Waals surface area contributed by atoms with E-state index in [1.165, 1.54) is 18.6 Å². The Labute approximate surface area is 98.6 Å². The van der Waals surface area contributed by atoms with Crippen molar-refractivity contribution in [2.45, 2.75) is 24.5 Å². The molecule has 0 N–H and O–H groups in total. The van der Waals surface area contributed by atoms with Gasteiger partial charge in [-0.15, -0.1) is 5.10 Å². The molecule has 1 aromatic rings. The molecule has 1 aromatic heterocycles. The van der Waals surface area contributed by atoms with E-state index in [0.29, 0.717) is 16.2 Å². The fraction of sp³-hybridized carbons (Fsp3) is 0.600. The van der Waals surface area contributed by atoms with E-state index in [9.17, 15) is 0 Å². The Hall–Kier alpha value is -0.480. The molecule has 1 aliphatic rings. The normalized spacial score (nSPS) is 20.5. The molecule has 0 bridgehead atoms. The van der Waals surface area contributed by atoms with Crippen LogP contribution in [0, 0.1) is 0 Å². The summed E-state index contributed by atoms with van der Waals surface area (Å²) in [7, 11) is 1.54. The van der Waals surface area contributed by atoms with Crippen LogP contribution < -0.4 is 4.74 Å². The number of nitrogens with zero attached hydrogens (tertiary/aromatic N) is 2. The zero-order valence-electron chi connectivity index (χ0n) is 8.57. The molecule has 82 valence electrons. The van der Waals surface area contributed by atoms with Gasteiger partial charge < -0.3 is 4.74 Å². The minimum atomic E-state index is 0.402.